The summed E-state index contributed by atoms with van der Waals surface area (Å²) in [5.74, 6) is 0.570. The van der Waals surface area contributed by atoms with Crippen LogP contribution in [0.2, 0.25) is 10.2 Å². The van der Waals surface area contributed by atoms with Crippen LogP contribution in [0.1, 0.15) is 55.6 Å². The van der Waals surface area contributed by atoms with Crippen LogP contribution < -0.4 is 10.6 Å². The zero-order valence-electron chi connectivity index (χ0n) is 22.8. The van der Waals surface area contributed by atoms with Gasteiger partial charge in [-0.1, -0.05) is 50.6 Å². The van der Waals surface area contributed by atoms with E-state index in [0.29, 0.717) is 42.8 Å². The third-order valence-corrected chi connectivity index (χ3v) is 7.98. The minimum Gasteiger partial charge on any atom is -0.361 e. The lowest BCUT2D eigenvalue weighted by atomic mass is 9.86. The molecule has 2 saturated heterocycles. The number of nitrogens with zero attached hydrogens (tertiary/aromatic N) is 5. The van der Waals surface area contributed by atoms with Crippen molar-refractivity contribution in [1.82, 2.24) is 34.9 Å². The fourth-order valence-electron chi connectivity index (χ4n) is 5.09. The van der Waals surface area contributed by atoms with E-state index in [-0.39, 0.29) is 52.6 Å². The largest absolute Gasteiger partial charge is 0.361 e. The number of halogens is 2. The molecule has 212 valence electrons. The van der Waals surface area contributed by atoms with Crippen LogP contribution in [0.4, 0.5) is 5.82 Å². The Morgan fingerprint density at radius 3 is 2.48 bits per heavy atom. The smallest absolute Gasteiger partial charge is 0.271 e. The van der Waals surface area contributed by atoms with Crippen LogP contribution in [0.25, 0.3) is 10.9 Å². The van der Waals surface area contributed by atoms with Crippen molar-refractivity contribution in [3.05, 3.63) is 52.0 Å². The van der Waals surface area contributed by atoms with Gasteiger partial charge >= 0.3 is 0 Å². The Morgan fingerprint density at radius 2 is 1.85 bits per heavy atom. The lowest BCUT2D eigenvalue weighted by molar-refractivity contribution is -0.134. The molecule has 3 amide bonds. The summed E-state index contributed by atoms with van der Waals surface area (Å²) in [5.41, 5.74) is 1.86. The number of amides is 3. The van der Waals surface area contributed by atoms with Gasteiger partial charge in [0, 0.05) is 43.5 Å². The third kappa shape index (κ3) is 5.15. The van der Waals surface area contributed by atoms with Gasteiger partial charge in [0.15, 0.2) is 11.0 Å². The molecule has 2 aliphatic heterocycles. The number of hydrogen-bond donors (Lipinski definition) is 3. The number of carbonyl (C=O) groups excluding carboxylic acids is 3. The SMILES string of the molecule is C=CC(=O)N1CC(NC(=O)c2c(Cl)nc(CNc3n[nH]c4cc(Cl)c(C(C)(C)C)cc34)n2C2CN(C(C)=O)C2)C1. The number of H-pyrrole nitrogens is 1. The molecule has 11 nitrogen and oxygen atoms in total. The molecular weight excluding hydrogens is 555 g/mol. The number of carbonyl (C=O) groups is 3. The standard InChI is InChI=1S/C27H32Cl2N8O3/c1-6-22(39)36-10-15(11-36)31-26(40)23-24(29)32-21(37(23)16-12-35(13-16)14(2)38)9-30-25-17-7-18(27(3,4)5)19(28)8-20(17)33-34-25/h6-8,15-16H,1,9-13H2,2-5H3,(H,31,40)(H2,30,33,34). The van der Waals surface area contributed by atoms with Crippen LogP contribution in [0.3, 0.4) is 0 Å². The first-order valence-electron chi connectivity index (χ1n) is 13.0. The highest BCUT2D eigenvalue weighted by molar-refractivity contribution is 6.32. The Bertz CT molecular complexity index is 1510. The normalized spacial score (nSPS) is 16.1. The van der Waals surface area contributed by atoms with Crippen LogP contribution >= 0.6 is 23.2 Å². The molecule has 40 heavy (non-hydrogen) atoms. The molecule has 0 bridgehead atoms. The summed E-state index contributed by atoms with van der Waals surface area (Å²) in [4.78, 5) is 44.8. The summed E-state index contributed by atoms with van der Waals surface area (Å²) in [6.45, 7) is 13.2. The lowest BCUT2D eigenvalue weighted by Crippen LogP contribution is -2.61. The zero-order valence-corrected chi connectivity index (χ0v) is 24.4. The Balaban J connectivity index is 1.40. The highest BCUT2D eigenvalue weighted by atomic mass is 35.5. The molecule has 4 heterocycles. The number of aromatic amines is 1. The molecule has 0 atom stereocenters. The third-order valence-electron chi connectivity index (χ3n) is 7.40. The van der Waals surface area contributed by atoms with Gasteiger partial charge in [0.2, 0.25) is 11.8 Å². The number of likely N-dealkylation sites (tertiary alicyclic amines) is 2. The second-order valence-corrected chi connectivity index (χ2v) is 12.1. The van der Waals surface area contributed by atoms with Gasteiger partial charge in [-0.15, -0.1) is 0 Å². The highest BCUT2D eigenvalue weighted by Gasteiger charge is 2.37. The topological polar surface area (TPSA) is 128 Å². The van der Waals surface area contributed by atoms with Crippen molar-refractivity contribution in [2.75, 3.05) is 31.5 Å². The first-order chi connectivity index (χ1) is 18.9. The Kier molecular flexibility index (Phi) is 7.30. The predicted molar refractivity (Wildman–Crippen MR) is 154 cm³/mol. The first-order valence-corrected chi connectivity index (χ1v) is 13.8. The van der Waals surface area contributed by atoms with E-state index < -0.39 is 0 Å². The van der Waals surface area contributed by atoms with Gasteiger partial charge < -0.3 is 25.0 Å². The maximum absolute atomic E-state index is 13.4. The van der Waals surface area contributed by atoms with E-state index in [9.17, 15) is 14.4 Å². The van der Waals surface area contributed by atoms with Gasteiger partial charge in [0.25, 0.3) is 5.91 Å². The Labute approximate surface area is 241 Å². The molecule has 1 aromatic carbocycles. The molecule has 0 saturated carbocycles. The molecule has 2 fully saturated rings. The molecule has 0 aliphatic carbocycles. The Morgan fingerprint density at radius 1 is 1.15 bits per heavy atom. The number of benzene rings is 1. The summed E-state index contributed by atoms with van der Waals surface area (Å²) in [5, 5.41) is 15.3. The molecule has 0 spiro atoms. The molecule has 3 aromatic rings. The summed E-state index contributed by atoms with van der Waals surface area (Å²) in [6.07, 6.45) is 1.25. The fraction of sp³-hybridized carbons (Fsp3) is 0.444. The number of aromatic nitrogens is 4. The molecule has 13 heteroatoms. The average molecular weight is 588 g/mol. The molecule has 3 N–H and O–H groups in total. The van der Waals surface area contributed by atoms with E-state index in [1.165, 1.54) is 13.0 Å². The number of rotatable bonds is 7. The van der Waals surface area contributed by atoms with Crippen molar-refractivity contribution < 1.29 is 14.4 Å². The van der Waals surface area contributed by atoms with E-state index in [1.54, 1.807) is 9.80 Å². The molecule has 0 unspecified atom stereocenters. The summed E-state index contributed by atoms with van der Waals surface area (Å²) in [7, 11) is 0. The second-order valence-electron chi connectivity index (χ2n) is 11.3. The lowest BCUT2D eigenvalue weighted by Gasteiger charge is -2.41. The predicted octanol–water partition coefficient (Wildman–Crippen LogP) is 3.51. The van der Waals surface area contributed by atoms with Crippen molar-refractivity contribution in [3.63, 3.8) is 0 Å². The van der Waals surface area contributed by atoms with Gasteiger partial charge in [-0.05, 0) is 29.2 Å². The van der Waals surface area contributed by atoms with Crippen molar-refractivity contribution in [1.29, 1.82) is 0 Å². The van der Waals surface area contributed by atoms with E-state index in [1.807, 2.05) is 16.7 Å². The molecule has 2 aliphatic rings. The van der Waals surface area contributed by atoms with Gasteiger partial charge in [-0.3, -0.25) is 19.5 Å². The van der Waals surface area contributed by atoms with E-state index in [4.69, 9.17) is 23.2 Å². The van der Waals surface area contributed by atoms with Crippen LogP contribution in [0.5, 0.6) is 0 Å². The minimum absolute atomic E-state index is 0.0362. The average Bonchev–Trinajstić information content (AvgIpc) is 3.36. The second kappa shape index (κ2) is 10.4. The number of nitrogens with one attached hydrogen (secondary N) is 3. The minimum atomic E-state index is -0.379. The number of hydrogen-bond acceptors (Lipinski definition) is 6. The number of fused-ring (bicyclic) bond motifs is 1. The van der Waals surface area contributed by atoms with E-state index in [0.717, 1.165) is 16.5 Å². The highest BCUT2D eigenvalue weighted by Crippen LogP contribution is 2.35. The maximum Gasteiger partial charge on any atom is 0.271 e. The quantitative estimate of drug-likeness (QED) is 0.363. The zero-order chi connectivity index (χ0) is 28.9. The first kappa shape index (κ1) is 28.0. The maximum atomic E-state index is 13.4. The van der Waals surface area contributed by atoms with Gasteiger partial charge in [0.05, 0.1) is 24.1 Å². The van der Waals surface area contributed by atoms with Gasteiger partial charge in [-0.2, -0.15) is 5.10 Å². The monoisotopic (exact) mass is 586 g/mol. The van der Waals surface area contributed by atoms with Gasteiger partial charge in [-0.25, -0.2) is 4.98 Å². The van der Waals surface area contributed by atoms with Gasteiger partial charge in [0.1, 0.15) is 11.5 Å². The fourth-order valence-corrected chi connectivity index (χ4v) is 5.81. The Hall–Kier alpha value is -3.57. The molecule has 2 aromatic heterocycles. The molecule has 5 rings (SSSR count). The number of imidazole rings is 1. The summed E-state index contributed by atoms with van der Waals surface area (Å²) >= 11 is 13.1. The van der Waals surface area contributed by atoms with Crippen LogP contribution in [-0.2, 0) is 21.5 Å². The number of anilines is 1. The summed E-state index contributed by atoms with van der Waals surface area (Å²) in [6, 6.07) is 3.53. The molecule has 0 radical (unpaired) electrons. The molecular formula is C27H32Cl2N8O3. The van der Waals surface area contributed by atoms with E-state index >= 15 is 0 Å². The van der Waals surface area contributed by atoms with E-state index in [2.05, 4.69) is 53.2 Å². The van der Waals surface area contributed by atoms with Crippen molar-refractivity contribution in [2.24, 2.45) is 0 Å². The van der Waals surface area contributed by atoms with Crippen LogP contribution in [0.15, 0.2) is 24.8 Å². The van der Waals surface area contributed by atoms with Crippen LogP contribution in [-0.4, -0.2) is 79.5 Å². The van der Waals surface area contributed by atoms with Crippen molar-refractivity contribution >= 4 is 57.6 Å². The summed E-state index contributed by atoms with van der Waals surface area (Å²) < 4.78 is 1.81. The van der Waals surface area contributed by atoms with Crippen LogP contribution in [0, 0.1) is 0 Å². The van der Waals surface area contributed by atoms with Crippen molar-refractivity contribution in [3.8, 4) is 0 Å². The van der Waals surface area contributed by atoms with Crippen molar-refractivity contribution in [2.45, 2.75) is 51.7 Å².